The summed E-state index contributed by atoms with van der Waals surface area (Å²) in [5.74, 6) is 0.00981. The number of nitrogens with zero attached hydrogens (tertiary/aromatic N) is 1. The SMILES string of the molecule is CC(=O)c1ccccn1.Cl.Cl.Cl.[TeH2]. The van der Waals surface area contributed by atoms with E-state index in [1.165, 1.54) is 6.92 Å². The fraction of sp³-hybridized carbons (Fsp3) is 0.143. The molecule has 0 aliphatic heterocycles. The number of carbonyl (C=O) groups excluding carboxylic acids is 1. The van der Waals surface area contributed by atoms with Crippen LogP contribution in [0.2, 0.25) is 0 Å². The summed E-state index contributed by atoms with van der Waals surface area (Å²) in [5, 5.41) is 0. The summed E-state index contributed by atoms with van der Waals surface area (Å²) in [4.78, 5) is 14.4. The zero-order chi connectivity index (χ0) is 6.69. The average Bonchev–Trinajstić information content (AvgIpc) is 1.90. The number of aromatic nitrogens is 1. The topological polar surface area (TPSA) is 30.0 Å². The summed E-state index contributed by atoms with van der Waals surface area (Å²) in [6, 6.07) is 5.28. The van der Waals surface area contributed by atoms with E-state index >= 15 is 0 Å². The van der Waals surface area contributed by atoms with Crippen molar-refractivity contribution in [2.24, 2.45) is 0 Å². The molecule has 0 aliphatic carbocycles. The first-order chi connectivity index (χ1) is 4.30. The van der Waals surface area contributed by atoms with Gasteiger partial charge < -0.3 is 0 Å². The van der Waals surface area contributed by atoms with Crippen LogP contribution in [0.5, 0.6) is 0 Å². The summed E-state index contributed by atoms with van der Waals surface area (Å²) in [5.41, 5.74) is 0.525. The Hall–Kier alpha value is 0.480. The monoisotopic (exact) mass is 361 g/mol. The summed E-state index contributed by atoms with van der Waals surface area (Å²) < 4.78 is 0. The van der Waals surface area contributed by atoms with Gasteiger partial charge in [-0.1, -0.05) is 6.07 Å². The molecule has 1 aromatic heterocycles. The van der Waals surface area contributed by atoms with E-state index in [0.29, 0.717) is 5.69 Å². The van der Waals surface area contributed by atoms with E-state index in [-0.39, 0.29) is 66.7 Å². The van der Waals surface area contributed by atoms with Crippen LogP contribution in [0.15, 0.2) is 24.4 Å². The molecular weight excluding hydrogens is 348 g/mol. The Balaban J connectivity index is -0.000000101. The number of hydrogen-bond donors (Lipinski definition) is 0. The Labute approximate surface area is 113 Å². The fourth-order valence-electron chi connectivity index (χ4n) is 0.571. The van der Waals surface area contributed by atoms with Crippen molar-refractivity contribution in [3.63, 3.8) is 0 Å². The van der Waals surface area contributed by atoms with Gasteiger partial charge in [0.25, 0.3) is 0 Å². The van der Waals surface area contributed by atoms with Crippen LogP contribution < -0.4 is 0 Å². The molecule has 0 aromatic carbocycles. The van der Waals surface area contributed by atoms with Crippen molar-refractivity contribution in [3.05, 3.63) is 30.1 Å². The van der Waals surface area contributed by atoms with Crippen LogP contribution in [0.1, 0.15) is 17.4 Å². The molecule has 0 N–H and O–H groups in total. The summed E-state index contributed by atoms with van der Waals surface area (Å²) >= 11 is 0. The van der Waals surface area contributed by atoms with Gasteiger partial charge in [0.15, 0.2) is 5.78 Å². The number of halogens is 3. The van der Waals surface area contributed by atoms with Gasteiger partial charge in [0, 0.05) is 13.1 Å². The third-order valence-electron chi connectivity index (χ3n) is 1.03. The molecule has 0 aliphatic rings. The second-order valence-electron chi connectivity index (χ2n) is 1.77. The molecule has 1 rings (SSSR count). The average molecular weight is 360 g/mol. The van der Waals surface area contributed by atoms with Crippen LogP contribution in [-0.2, 0) is 0 Å². The van der Waals surface area contributed by atoms with Crippen molar-refractivity contribution in [2.45, 2.75) is 6.92 Å². The van der Waals surface area contributed by atoms with Crippen LogP contribution in [0, 0.1) is 0 Å². The van der Waals surface area contributed by atoms with Crippen molar-refractivity contribution in [3.8, 4) is 0 Å². The summed E-state index contributed by atoms with van der Waals surface area (Å²) in [6.07, 6.45) is 1.61. The van der Waals surface area contributed by atoms with Crippen molar-refractivity contribution in [2.75, 3.05) is 0 Å². The molecule has 1 aromatic rings. The molecule has 13 heavy (non-hydrogen) atoms. The molecule has 0 bridgehead atoms. The predicted octanol–water partition coefficient (Wildman–Crippen LogP) is 1.63. The molecule has 0 atom stereocenters. The molecule has 0 spiro atoms. The Morgan fingerprint density at radius 2 is 1.77 bits per heavy atom. The number of rotatable bonds is 1. The molecule has 78 valence electrons. The van der Waals surface area contributed by atoms with E-state index in [1.807, 2.05) is 0 Å². The van der Waals surface area contributed by atoms with E-state index in [9.17, 15) is 4.79 Å². The molecule has 0 unspecified atom stereocenters. The third kappa shape index (κ3) is 8.80. The standard InChI is InChI=1S/C7H7NO.3ClH.H2Te/c1-6(9)7-4-2-3-5-8-7;;;;/h2-5H,1H3;3*1H;1H2. The first-order valence-corrected chi connectivity index (χ1v) is 2.72. The number of Topliss-reactive ketones (excluding diaryl/α,β-unsaturated/α-hetero) is 1. The maximum absolute atomic E-state index is 10.6. The quantitative estimate of drug-likeness (QED) is 0.563. The predicted molar refractivity (Wildman–Crippen MR) is 64.5 cm³/mol. The Kier molecular flexibility index (Phi) is 22.4. The van der Waals surface area contributed by atoms with Crippen LogP contribution in [0.4, 0.5) is 0 Å². The van der Waals surface area contributed by atoms with Gasteiger partial charge in [-0.25, -0.2) is 0 Å². The first-order valence-electron chi connectivity index (χ1n) is 2.72. The Morgan fingerprint density at radius 1 is 1.23 bits per heavy atom. The maximum atomic E-state index is 10.6. The minimum absolute atomic E-state index is 0. The van der Waals surface area contributed by atoms with E-state index in [4.69, 9.17) is 0 Å². The van der Waals surface area contributed by atoms with Crippen molar-refractivity contribution in [1.82, 2.24) is 4.98 Å². The fourth-order valence-corrected chi connectivity index (χ4v) is 0.571. The summed E-state index contributed by atoms with van der Waals surface area (Å²) in [7, 11) is 0. The van der Waals surface area contributed by atoms with Gasteiger partial charge in [0.2, 0.25) is 0 Å². The molecule has 0 saturated carbocycles. The number of pyridine rings is 1. The third-order valence-corrected chi connectivity index (χ3v) is 1.03. The molecule has 0 saturated heterocycles. The number of carbonyl (C=O) groups is 1. The van der Waals surface area contributed by atoms with Crippen molar-refractivity contribution >= 4 is 66.7 Å². The number of ketones is 1. The van der Waals surface area contributed by atoms with Gasteiger partial charge in [-0.3, -0.25) is 9.78 Å². The van der Waals surface area contributed by atoms with Gasteiger partial charge in [0.05, 0.1) is 0 Å². The molecule has 0 amide bonds. The van der Waals surface area contributed by atoms with Crippen molar-refractivity contribution in [1.29, 1.82) is 0 Å². The van der Waals surface area contributed by atoms with Crippen LogP contribution in [0.25, 0.3) is 0 Å². The minimum atomic E-state index is 0. The van der Waals surface area contributed by atoms with Crippen molar-refractivity contribution < 1.29 is 4.79 Å². The van der Waals surface area contributed by atoms with Crippen LogP contribution in [0.3, 0.4) is 0 Å². The van der Waals surface area contributed by atoms with E-state index in [1.54, 1.807) is 24.4 Å². The normalized spacial score (nSPS) is 6.23. The van der Waals surface area contributed by atoms with Crippen LogP contribution >= 0.6 is 37.2 Å². The molecule has 0 radical (unpaired) electrons. The van der Waals surface area contributed by atoms with Gasteiger partial charge in [-0.05, 0) is 12.1 Å². The van der Waals surface area contributed by atoms with E-state index < -0.39 is 0 Å². The van der Waals surface area contributed by atoms with Gasteiger partial charge >= 0.3 is 23.7 Å². The second-order valence-corrected chi connectivity index (χ2v) is 1.77. The van der Waals surface area contributed by atoms with Gasteiger partial charge in [-0.15, -0.1) is 37.2 Å². The molecular formula is C7H12Cl3NOTe. The van der Waals surface area contributed by atoms with Gasteiger partial charge in [0.1, 0.15) is 5.69 Å². The number of hydrogen-bond acceptors (Lipinski definition) is 2. The van der Waals surface area contributed by atoms with E-state index in [0.717, 1.165) is 0 Å². The molecule has 2 nitrogen and oxygen atoms in total. The molecule has 6 heteroatoms. The first kappa shape index (κ1) is 23.4. The van der Waals surface area contributed by atoms with Crippen LogP contribution in [-0.4, -0.2) is 34.4 Å². The Bertz CT molecular complexity index is 220. The van der Waals surface area contributed by atoms with Gasteiger partial charge in [-0.2, -0.15) is 0 Å². The molecule has 0 fully saturated rings. The Morgan fingerprint density at radius 3 is 2.00 bits per heavy atom. The molecule has 1 heterocycles. The van der Waals surface area contributed by atoms with E-state index in [2.05, 4.69) is 4.98 Å². The second kappa shape index (κ2) is 12.5. The zero-order valence-corrected chi connectivity index (χ0v) is 12.2. The summed E-state index contributed by atoms with van der Waals surface area (Å²) in [6.45, 7) is 1.50. The zero-order valence-electron chi connectivity index (χ0n) is 6.89.